The summed E-state index contributed by atoms with van der Waals surface area (Å²) in [6, 6.07) is 7.48. The van der Waals surface area contributed by atoms with Gasteiger partial charge < -0.3 is 4.57 Å². The highest BCUT2D eigenvalue weighted by Crippen LogP contribution is 2.16. The number of rotatable bonds is 2. The quantitative estimate of drug-likeness (QED) is 0.715. The van der Waals surface area contributed by atoms with E-state index in [1.165, 1.54) is 4.80 Å². The molecule has 0 spiro atoms. The monoisotopic (exact) mass is 319 g/mol. The first-order valence-corrected chi connectivity index (χ1v) is 6.44. The van der Waals surface area contributed by atoms with Gasteiger partial charge in [-0.15, -0.1) is 10.2 Å². The Balaban J connectivity index is 2.08. The van der Waals surface area contributed by atoms with E-state index >= 15 is 0 Å². The van der Waals surface area contributed by atoms with Crippen LogP contribution < -0.4 is 5.56 Å². The molecule has 7 heteroatoms. The van der Waals surface area contributed by atoms with Crippen LogP contribution in [0.4, 0.5) is 0 Å². The van der Waals surface area contributed by atoms with Gasteiger partial charge >= 0.3 is 0 Å². The highest BCUT2D eigenvalue weighted by molar-refractivity contribution is 9.10. The molecule has 0 bridgehead atoms. The van der Waals surface area contributed by atoms with Crippen LogP contribution >= 0.6 is 15.9 Å². The van der Waals surface area contributed by atoms with E-state index < -0.39 is 0 Å². The van der Waals surface area contributed by atoms with E-state index in [9.17, 15) is 4.79 Å². The number of hydrogen-bond donors (Lipinski definition) is 0. The van der Waals surface area contributed by atoms with E-state index in [4.69, 9.17) is 0 Å². The molecule has 2 heterocycles. The summed E-state index contributed by atoms with van der Waals surface area (Å²) in [7, 11) is 1.69. The number of hydrogen-bond acceptors (Lipinski definition) is 4. The van der Waals surface area contributed by atoms with Crippen molar-refractivity contribution in [3.8, 4) is 0 Å². The van der Waals surface area contributed by atoms with Crippen molar-refractivity contribution in [1.29, 1.82) is 0 Å². The highest BCUT2D eigenvalue weighted by atomic mass is 79.9. The van der Waals surface area contributed by atoms with Gasteiger partial charge in [0.15, 0.2) is 5.82 Å². The molecule has 0 unspecified atom stereocenters. The maximum Gasteiger partial charge on any atom is 0.258 e. The lowest BCUT2D eigenvalue weighted by molar-refractivity contribution is 0.624. The number of aromatic nitrogens is 5. The van der Waals surface area contributed by atoms with Crippen LogP contribution in [0.5, 0.6) is 0 Å². The predicted octanol–water partition coefficient (Wildman–Crippen LogP) is 1.34. The molecule has 0 atom stereocenters. The molecule has 0 N–H and O–H groups in total. The van der Waals surface area contributed by atoms with Gasteiger partial charge in [-0.1, -0.05) is 15.9 Å². The topological polar surface area (TPSA) is 65.6 Å². The van der Waals surface area contributed by atoms with Crippen molar-refractivity contribution < 1.29 is 0 Å². The van der Waals surface area contributed by atoms with Gasteiger partial charge in [0.1, 0.15) is 0 Å². The Kier molecular flexibility index (Phi) is 2.90. The van der Waals surface area contributed by atoms with Crippen molar-refractivity contribution in [3.63, 3.8) is 0 Å². The highest BCUT2D eigenvalue weighted by Gasteiger charge is 2.06. The van der Waals surface area contributed by atoms with Crippen molar-refractivity contribution in [1.82, 2.24) is 24.8 Å². The average molecular weight is 320 g/mol. The fourth-order valence-electron chi connectivity index (χ4n) is 1.92. The van der Waals surface area contributed by atoms with Crippen LogP contribution in [0.2, 0.25) is 0 Å². The van der Waals surface area contributed by atoms with Crippen LogP contribution in [0.1, 0.15) is 5.82 Å². The summed E-state index contributed by atoms with van der Waals surface area (Å²) in [4.78, 5) is 13.7. The zero-order valence-electron chi connectivity index (χ0n) is 10.1. The summed E-state index contributed by atoms with van der Waals surface area (Å²) >= 11 is 3.39. The Labute approximate surface area is 116 Å². The van der Waals surface area contributed by atoms with Gasteiger partial charge in [-0.3, -0.25) is 4.79 Å². The lowest BCUT2D eigenvalue weighted by Gasteiger charge is -2.04. The maximum absolute atomic E-state index is 12.3. The Hall–Kier alpha value is -2.02. The molecule has 19 heavy (non-hydrogen) atoms. The smallest absolute Gasteiger partial charge is 0.258 e. The summed E-state index contributed by atoms with van der Waals surface area (Å²) in [5.41, 5.74) is -0.0579. The summed E-state index contributed by atoms with van der Waals surface area (Å²) in [5, 5.41) is 13.3. The van der Waals surface area contributed by atoms with E-state index in [0.717, 1.165) is 9.86 Å². The third-order valence-corrected chi connectivity index (χ3v) is 3.29. The number of nitrogens with zero attached hydrogens (tertiary/aromatic N) is 5. The van der Waals surface area contributed by atoms with Gasteiger partial charge in [0.05, 0.1) is 13.6 Å². The van der Waals surface area contributed by atoms with Crippen LogP contribution in [-0.2, 0) is 13.6 Å². The van der Waals surface area contributed by atoms with Crippen molar-refractivity contribution in [2.75, 3.05) is 0 Å². The van der Waals surface area contributed by atoms with Gasteiger partial charge in [-0.05, 0) is 34.9 Å². The minimum absolute atomic E-state index is 0.0579. The van der Waals surface area contributed by atoms with Crippen LogP contribution in [0.25, 0.3) is 10.8 Å². The lowest BCUT2D eigenvalue weighted by Crippen LogP contribution is -2.20. The second-order valence-corrected chi connectivity index (χ2v) is 5.09. The molecule has 0 radical (unpaired) electrons. The van der Waals surface area contributed by atoms with Crippen LogP contribution in [0.15, 0.2) is 39.7 Å². The molecule has 1 aromatic carbocycles. The standard InChI is InChI=1S/C12H10BrN5O/c1-17-15-11(14-16-17)7-18-5-4-8-6-9(13)2-3-10(8)12(18)19/h2-6H,7H2,1H3. The Morgan fingerprint density at radius 1 is 1.32 bits per heavy atom. The van der Waals surface area contributed by atoms with Gasteiger partial charge in [-0.25, -0.2) is 0 Å². The maximum atomic E-state index is 12.3. The number of benzene rings is 1. The molecule has 3 aromatic rings. The van der Waals surface area contributed by atoms with Gasteiger partial charge in [-0.2, -0.15) is 4.80 Å². The van der Waals surface area contributed by atoms with Crippen LogP contribution in [0.3, 0.4) is 0 Å². The molecule has 0 saturated carbocycles. The average Bonchev–Trinajstić information content (AvgIpc) is 2.78. The number of tetrazole rings is 1. The molecule has 96 valence electrons. The zero-order chi connectivity index (χ0) is 13.4. The number of pyridine rings is 1. The molecule has 0 aliphatic rings. The number of halogens is 1. The van der Waals surface area contributed by atoms with Gasteiger partial charge in [0.25, 0.3) is 5.56 Å². The molecule has 0 aliphatic heterocycles. The molecule has 0 saturated heterocycles. The molecule has 0 aliphatic carbocycles. The summed E-state index contributed by atoms with van der Waals surface area (Å²) in [5.74, 6) is 0.515. The molecule has 3 rings (SSSR count). The first-order valence-electron chi connectivity index (χ1n) is 5.65. The second kappa shape index (κ2) is 4.58. The van der Waals surface area contributed by atoms with Crippen LogP contribution in [-0.4, -0.2) is 24.8 Å². The Morgan fingerprint density at radius 2 is 2.16 bits per heavy atom. The van der Waals surface area contributed by atoms with Crippen molar-refractivity contribution in [3.05, 3.63) is 51.1 Å². The Morgan fingerprint density at radius 3 is 2.89 bits per heavy atom. The zero-order valence-corrected chi connectivity index (χ0v) is 11.7. The van der Waals surface area contributed by atoms with E-state index in [0.29, 0.717) is 17.8 Å². The lowest BCUT2D eigenvalue weighted by atomic mass is 10.2. The molecule has 0 fully saturated rings. The molecule has 6 nitrogen and oxygen atoms in total. The minimum Gasteiger partial charge on any atom is -0.307 e. The van der Waals surface area contributed by atoms with E-state index in [1.807, 2.05) is 24.3 Å². The van der Waals surface area contributed by atoms with E-state index in [1.54, 1.807) is 17.8 Å². The third-order valence-electron chi connectivity index (χ3n) is 2.80. The summed E-state index contributed by atoms with van der Waals surface area (Å²) < 4.78 is 2.53. The second-order valence-electron chi connectivity index (χ2n) is 4.18. The molecule has 0 amide bonds. The first-order chi connectivity index (χ1) is 9.13. The summed E-state index contributed by atoms with van der Waals surface area (Å²) in [6.45, 7) is 0.318. The molecule has 2 aromatic heterocycles. The largest absolute Gasteiger partial charge is 0.307 e. The van der Waals surface area contributed by atoms with Crippen LogP contribution in [0, 0.1) is 0 Å². The first kappa shape index (κ1) is 12.0. The number of aryl methyl sites for hydroxylation is 1. The minimum atomic E-state index is -0.0579. The fourth-order valence-corrected chi connectivity index (χ4v) is 2.30. The molecular formula is C12H10BrN5O. The molecular weight excluding hydrogens is 310 g/mol. The normalized spacial score (nSPS) is 11.1. The SMILES string of the molecule is Cn1nnc(Cn2ccc3cc(Br)ccc3c2=O)n1. The van der Waals surface area contributed by atoms with Crippen molar-refractivity contribution in [2.24, 2.45) is 7.05 Å². The third kappa shape index (κ3) is 2.28. The number of fused-ring (bicyclic) bond motifs is 1. The van der Waals surface area contributed by atoms with Gasteiger partial charge in [0, 0.05) is 16.1 Å². The van der Waals surface area contributed by atoms with Crippen molar-refractivity contribution in [2.45, 2.75) is 6.54 Å². The van der Waals surface area contributed by atoms with Gasteiger partial charge in [0.2, 0.25) is 0 Å². The Bertz CT molecular complexity index is 807. The van der Waals surface area contributed by atoms with Crippen molar-refractivity contribution >= 4 is 26.7 Å². The summed E-state index contributed by atoms with van der Waals surface area (Å²) in [6.07, 6.45) is 1.74. The van der Waals surface area contributed by atoms with E-state index in [2.05, 4.69) is 31.3 Å². The van der Waals surface area contributed by atoms with E-state index in [-0.39, 0.29) is 5.56 Å². The fraction of sp³-hybridized carbons (Fsp3) is 0.167. The predicted molar refractivity (Wildman–Crippen MR) is 73.8 cm³/mol.